The predicted molar refractivity (Wildman–Crippen MR) is 310 cm³/mol. The van der Waals surface area contributed by atoms with Crippen LogP contribution in [0.3, 0.4) is 0 Å². The Morgan fingerprint density at radius 1 is 0.394 bits per heavy atom. The number of unbranched alkanes of at least 4 members (excludes halogenated alkanes) is 42. The van der Waals surface area contributed by atoms with Crippen LogP contribution in [-0.2, 0) is 14.3 Å². The monoisotopic (exact) mass is 998 g/mol. The molecule has 0 aromatic carbocycles. The molecule has 0 aromatic heterocycles. The van der Waals surface area contributed by atoms with Crippen molar-refractivity contribution >= 4 is 11.9 Å². The van der Waals surface area contributed by atoms with Gasteiger partial charge in [-0.2, -0.15) is 0 Å². The third kappa shape index (κ3) is 57.2. The molecular weight excluding hydrogens is 875 g/mol. The number of esters is 1. The van der Waals surface area contributed by atoms with Gasteiger partial charge in [0.1, 0.15) is 0 Å². The Bertz CT molecular complexity index is 1150. The number of nitrogens with one attached hydrogen (secondary N) is 1. The van der Waals surface area contributed by atoms with Gasteiger partial charge < -0.3 is 20.3 Å². The van der Waals surface area contributed by atoms with Gasteiger partial charge >= 0.3 is 5.97 Å². The number of ether oxygens (including phenoxy) is 1. The lowest BCUT2D eigenvalue weighted by Crippen LogP contribution is -2.45. The van der Waals surface area contributed by atoms with E-state index < -0.39 is 12.1 Å². The van der Waals surface area contributed by atoms with Crippen LogP contribution in [0, 0.1) is 0 Å². The number of carbonyl (C=O) groups excluding carboxylic acids is 2. The van der Waals surface area contributed by atoms with Crippen molar-refractivity contribution in [1.29, 1.82) is 0 Å². The highest BCUT2D eigenvalue weighted by Crippen LogP contribution is 2.18. The van der Waals surface area contributed by atoms with Gasteiger partial charge in [0.25, 0.3) is 0 Å². The van der Waals surface area contributed by atoms with Crippen molar-refractivity contribution in [2.24, 2.45) is 0 Å². The first-order valence-corrected chi connectivity index (χ1v) is 31.7. The molecule has 2 atom stereocenters. The Hall–Kier alpha value is -1.92. The molecule has 0 aromatic rings. The second kappa shape index (κ2) is 60.6. The van der Waals surface area contributed by atoms with E-state index in [2.05, 4.69) is 55.6 Å². The molecule has 0 rings (SSSR count). The summed E-state index contributed by atoms with van der Waals surface area (Å²) in [4.78, 5) is 24.5. The van der Waals surface area contributed by atoms with Gasteiger partial charge in [0.15, 0.2) is 0 Å². The fourth-order valence-corrected chi connectivity index (χ4v) is 9.79. The molecule has 0 spiro atoms. The van der Waals surface area contributed by atoms with Crippen LogP contribution in [0.1, 0.15) is 341 Å². The average molecular weight is 999 g/mol. The Morgan fingerprint density at radius 2 is 0.732 bits per heavy atom. The van der Waals surface area contributed by atoms with E-state index in [1.807, 2.05) is 0 Å². The third-order valence-electron chi connectivity index (χ3n) is 14.6. The minimum absolute atomic E-state index is 0.000294. The number of carbonyl (C=O) groups is 2. The number of hydrogen-bond donors (Lipinski definition) is 3. The molecule has 0 bridgehead atoms. The molecule has 0 heterocycles. The van der Waals surface area contributed by atoms with Crippen molar-refractivity contribution in [3.05, 3.63) is 36.5 Å². The predicted octanol–water partition coefficient (Wildman–Crippen LogP) is 20.0. The molecule has 6 heteroatoms. The summed E-state index contributed by atoms with van der Waals surface area (Å²) in [7, 11) is 0. The van der Waals surface area contributed by atoms with Crippen molar-refractivity contribution < 1.29 is 24.5 Å². The number of aliphatic hydroxyl groups is 2. The van der Waals surface area contributed by atoms with E-state index in [1.165, 1.54) is 257 Å². The summed E-state index contributed by atoms with van der Waals surface area (Å²) in [6, 6.07) is -0.542. The average Bonchev–Trinajstić information content (AvgIpc) is 3.37. The van der Waals surface area contributed by atoms with Crippen LogP contribution >= 0.6 is 0 Å². The zero-order valence-corrected chi connectivity index (χ0v) is 47.7. The van der Waals surface area contributed by atoms with E-state index in [9.17, 15) is 19.8 Å². The molecule has 0 aliphatic heterocycles. The summed E-state index contributed by atoms with van der Waals surface area (Å²) < 4.78 is 5.47. The van der Waals surface area contributed by atoms with E-state index in [0.29, 0.717) is 25.9 Å². The molecule has 0 saturated carbocycles. The van der Waals surface area contributed by atoms with Crippen LogP contribution in [0.2, 0.25) is 0 Å². The maximum absolute atomic E-state index is 12.5. The number of rotatable bonds is 59. The molecular formula is C65H123NO5. The highest BCUT2D eigenvalue weighted by Gasteiger charge is 2.20. The lowest BCUT2D eigenvalue weighted by atomic mass is 10.0. The molecule has 71 heavy (non-hydrogen) atoms. The van der Waals surface area contributed by atoms with E-state index in [1.54, 1.807) is 0 Å². The standard InChI is InChI=1S/C65H123NO5/c1-3-5-7-9-11-13-15-17-34-37-41-45-49-53-57-63(68)62(61-67)66-64(69)58-54-50-46-42-38-35-31-29-27-25-23-21-19-18-20-22-24-26-28-30-32-36-40-44-48-52-56-60-71-65(70)59-55-51-47-43-39-33-16-14-12-10-8-6-4-2/h8,10,14,16,18-19,62-63,67-68H,3-7,9,11-13,15,17,20-61H2,1-2H3,(H,66,69)/b10-8-,16-14-,19-18-. The first-order valence-electron chi connectivity index (χ1n) is 31.7. The maximum atomic E-state index is 12.5. The number of allylic oxidation sites excluding steroid dienone is 6. The summed E-state index contributed by atoms with van der Waals surface area (Å²) in [5.41, 5.74) is 0. The Balaban J connectivity index is 3.38. The zero-order valence-electron chi connectivity index (χ0n) is 47.7. The quantitative estimate of drug-likeness (QED) is 0.0321. The molecule has 418 valence electrons. The fourth-order valence-electron chi connectivity index (χ4n) is 9.79. The van der Waals surface area contributed by atoms with E-state index in [-0.39, 0.29) is 18.5 Å². The van der Waals surface area contributed by atoms with Gasteiger partial charge in [0.2, 0.25) is 5.91 Å². The summed E-state index contributed by atoms with van der Waals surface area (Å²) >= 11 is 0. The van der Waals surface area contributed by atoms with Gasteiger partial charge in [-0.1, -0.05) is 288 Å². The van der Waals surface area contributed by atoms with Crippen LogP contribution in [0.25, 0.3) is 0 Å². The van der Waals surface area contributed by atoms with Crippen molar-refractivity contribution in [2.75, 3.05) is 13.2 Å². The Kier molecular flexibility index (Phi) is 59.0. The minimum Gasteiger partial charge on any atom is -0.466 e. The number of aliphatic hydroxyl groups excluding tert-OH is 2. The highest BCUT2D eigenvalue weighted by atomic mass is 16.5. The lowest BCUT2D eigenvalue weighted by Gasteiger charge is -2.22. The molecule has 0 fully saturated rings. The topological polar surface area (TPSA) is 95.9 Å². The Labute approximate surface area is 443 Å². The van der Waals surface area contributed by atoms with Crippen molar-refractivity contribution in [3.8, 4) is 0 Å². The molecule has 2 unspecified atom stereocenters. The van der Waals surface area contributed by atoms with Gasteiger partial charge in [0, 0.05) is 12.8 Å². The first kappa shape index (κ1) is 69.1. The molecule has 3 N–H and O–H groups in total. The number of amides is 1. The molecule has 0 saturated heterocycles. The highest BCUT2D eigenvalue weighted by molar-refractivity contribution is 5.76. The molecule has 1 amide bonds. The third-order valence-corrected chi connectivity index (χ3v) is 14.6. The zero-order chi connectivity index (χ0) is 51.4. The van der Waals surface area contributed by atoms with Gasteiger partial charge in [-0.25, -0.2) is 0 Å². The number of hydrogen-bond acceptors (Lipinski definition) is 5. The van der Waals surface area contributed by atoms with Gasteiger partial charge in [-0.3, -0.25) is 9.59 Å². The van der Waals surface area contributed by atoms with E-state index in [0.717, 1.165) is 51.4 Å². The van der Waals surface area contributed by atoms with Crippen LogP contribution in [-0.4, -0.2) is 47.4 Å². The smallest absolute Gasteiger partial charge is 0.305 e. The SMILES string of the molecule is CCC/C=C\C/C=C\CCCCCCCC(=O)OCCCCCCCCCCCCCC/C=C\CCCCCCCCCCCCCC(=O)NC(CO)C(O)CCCCCCCCCCCCCCCC. The van der Waals surface area contributed by atoms with Crippen LogP contribution in [0.15, 0.2) is 36.5 Å². The summed E-state index contributed by atoms with van der Waals surface area (Å²) in [6.07, 6.45) is 75.9. The normalized spacial score (nSPS) is 12.8. The van der Waals surface area contributed by atoms with E-state index >= 15 is 0 Å². The molecule has 0 aliphatic carbocycles. The second-order valence-electron chi connectivity index (χ2n) is 21.7. The maximum Gasteiger partial charge on any atom is 0.305 e. The Morgan fingerprint density at radius 3 is 1.14 bits per heavy atom. The fraction of sp³-hybridized carbons (Fsp3) is 0.877. The van der Waals surface area contributed by atoms with Crippen molar-refractivity contribution in [3.63, 3.8) is 0 Å². The van der Waals surface area contributed by atoms with Crippen LogP contribution in [0.5, 0.6) is 0 Å². The van der Waals surface area contributed by atoms with Gasteiger partial charge in [-0.05, 0) is 77.0 Å². The molecule has 6 nitrogen and oxygen atoms in total. The largest absolute Gasteiger partial charge is 0.466 e. The van der Waals surface area contributed by atoms with Gasteiger partial charge in [-0.15, -0.1) is 0 Å². The van der Waals surface area contributed by atoms with Crippen molar-refractivity contribution in [2.45, 2.75) is 353 Å². The summed E-state index contributed by atoms with van der Waals surface area (Å²) in [5, 5.41) is 23.3. The minimum atomic E-state index is -0.664. The summed E-state index contributed by atoms with van der Waals surface area (Å²) in [6.45, 7) is 4.90. The molecule has 0 aliphatic rings. The van der Waals surface area contributed by atoms with E-state index in [4.69, 9.17) is 4.74 Å². The van der Waals surface area contributed by atoms with Crippen molar-refractivity contribution in [1.82, 2.24) is 5.32 Å². The first-order chi connectivity index (χ1) is 35.0. The molecule has 0 radical (unpaired) electrons. The van der Waals surface area contributed by atoms with Gasteiger partial charge in [0.05, 0.1) is 25.4 Å². The van der Waals surface area contributed by atoms with Crippen LogP contribution < -0.4 is 5.32 Å². The lowest BCUT2D eigenvalue weighted by molar-refractivity contribution is -0.143. The second-order valence-corrected chi connectivity index (χ2v) is 21.7. The van der Waals surface area contributed by atoms with Crippen LogP contribution in [0.4, 0.5) is 0 Å². The summed E-state index contributed by atoms with van der Waals surface area (Å²) in [5.74, 6) is -0.0349.